The van der Waals surface area contributed by atoms with Gasteiger partial charge in [0.15, 0.2) is 0 Å². The first-order valence-electron chi connectivity index (χ1n) is 8.50. The molecule has 1 aromatic carbocycles. The number of rotatable bonds is 6. The van der Waals surface area contributed by atoms with Crippen LogP contribution in [0.3, 0.4) is 0 Å². The molecule has 0 bridgehead atoms. The van der Waals surface area contributed by atoms with Crippen molar-refractivity contribution < 1.29 is 13.9 Å². The van der Waals surface area contributed by atoms with Crippen LogP contribution in [0.25, 0.3) is 11.5 Å². The predicted molar refractivity (Wildman–Crippen MR) is 96.5 cm³/mol. The average molecular weight is 361 g/mol. The maximum absolute atomic E-state index is 12.2. The first-order chi connectivity index (χ1) is 12.0. The fourth-order valence-corrected chi connectivity index (χ4v) is 3.32. The number of aryl methyl sites for hydroxylation is 2. The zero-order chi connectivity index (χ0) is 17.8. The number of aromatic nitrogens is 2. The van der Waals surface area contributed by atoms with E-state index in [-0.39, 0.29) is 17.3 Å². The third-order valence-electron chi connectivity index (χ3n) is 4.34. The van der Waals surface area contributed by atoms with Crippen molar-refractivity contribution in [2.45, 2.75) is 50.2 Å². The number of ether oxygens (including phenoxy) is 1. The molecule has 3 rings (SSSR count). The highest BCUT2D eigenvalue weighted by atomic mass is 32.2. The van der Waals surface area contributed by atoms with Crippen LogP contribution in [0.4, 0.5) is 0 Å². The van der Waals surface area contributed by atoms with Crippen LogP contribution in [0.2, 0.25) is 0 Å². The molecule has 2 aromatic rings. The zero-order valence-corrected chi connectivity index (χ0v) is 15.6. The summed E-state index contributed by atoms with van der Waals surface area (Å²) in [6, 6.07) is 6.01. The van der Waals surface area contributed by atoms with Gasteiger partial charge in [0.25, 0.3) is 5.22 Å². The van der Waals surface area contributed by atoms with Crippen molar-refractivity contribution in [3.63, 3.8) is 0 Å². The van der Waals surface area contributed by atoms with Gasteiger partial charge in [0.05, 0.1) is 11.4 Å². The summed E-state index contributed by atoms with van der Waals surface area (Å²) in [6.45, 7) is 7.28. The molecule has 25 heavy (non-hydrogen) atoms. The van der Waals surface area contributed by atoms with E-state index in [1.807, 2.05) is 32.0 Å². The van der Waals surface area contributed by atoms with Crippen LogP contribution < -0.4 is 5.32 Å². The molecule has 1 aliphatic heterocycles. The number of carbonyl (C=O) groups is 1. The standard InChI is InChI=1S/C18H23N3O3S/c1-11-6-7-14(9-12(11)2)17-20-21-18(24-17)25-13(3)16(22)19-10-15-5-4-8-23-15/h6-7,9,13,15H,4-5,8,10H2,1-3H3,(H,19,22)/t13-,15+/m1/s1. The van der Waals surface area contributed by atoms with Crippen LogP contribution in [0.15, 0.2) is 27.8 Å². The number of nitrogens with zero attached hydrogens (tertiary/aromatic N) is 2. The van der Waals surface area contributed by atoms with E-state index in [2.05, 4.69) is 22.4 Å². The summed E-state index contributed by atoms with van der Waals surface area (Å²) in [6.07, 6.45) is 2.21. The molecule has 1 fully saturated rings. The topological polar surface area (TPSA) is 77.2 Å². The normalized spacial score (nSPS) is 18.3. The molecule has 1 aromatic heterocycles. The minimum absolute atomic E-state index is 0.0496. The number of carbonyl (C=O) groups excluding carboxylic acids is 1. The Kier molecular flexibility index (Phi) is 5.75. The molecule has 0 aliphatic carbocycles. The van der Waals surface area contributed by atoms with Crippen molar-refractivity contribution in [1.29, 1.82) is 0 Å². The largest absolute Gasteiger partial charge is 0.411 e. The molecular formula is C18H23N3O3S. The van der Waals surface area contributed by atoms with Crippen LogP contribution in [-0.4, -0.2) is 40.6 Å². The Labute approximate surface area is 151 Å². The second-order valence-electron chi connectivity index (χ2n) is 6.31. The molecule has 0 spiro atoms. The van der Waals surface area contributed by atoms with Gasteiger partial charge in [0, 0.05) is 18.7 Å². The molecule has 2 atom stereocenters. The van der Waals surface area contributed by atoms with Gasteiger partial charge in [-0.25, -0.2) is 0 Å². The predicted octanol–water partition coefficient (Wildman–Crippen LogP) is 3.13. The van der Waals surface area contributed by atoms with Gasteiger partial charge in [-0.3, -0.25) is 4.79 Å². The van der Waals surface area contributed by atoms with Crippen molar-refractivity contribution in [3.8, 4) is 11.5 Å². The number of benzene rings is 1. The van der Waals surface area contributed by atoms with Crippen LogP contribution in [-0.2, 0) is 9.53 Å². The molecular weight excluding hydrogens is 338 g/mol. The van der Waals surface area contributed by atoms with Crippen molar-refractivity contribution in [1.82, 2.24) is 15.5 Å². The summed E-state index contributed by atoms with van der Waals surface area (Å²) in [4.78, 5) is 12.2. The number of hydrogen-bond donors (Lipinski definition) is 1. The van der Waals surface area contributed by atoms with E-state index in [9.17, 15) is 4.79 Å². The molecule has 0 radical (unpaired) electrons. The van der Waals surface area contributed by atoms with Gasteiger partial charge < -0.3 is 14.5 Å². The Bertz CT molecular complexity index is 741. The van der Waals surface area contributed by atoms with Gasteiger partial charge in [-0.1, -0.05) is 17.8 Å². The quantitative estimate of drug-likeness (QED) is 0.797. The fourth-order valence-electron chi connectivity index (χ4n) is 2.62. The minimum Gasteiger partial charge on any atom is -0.411 e. The highest BCUT2D eigenvalue weighted by Crippen LogP contribution is 2.27. The third kappa shape index (κ3) is 4.61. The van der Waals surface area contributed by atoms with Crippen LogP contribution in [0.1, 0.15) is 30.9 Å². The summed E-state index contributed by atoms with van der Waals surface area (Å²) in [5.41, 5.74) is 3.28. The Hall–Kier alpha value is -1.86. The number of amides is 1. The number of hydrogen-bond acceptors (Lipinski definition) is 6. The van der Waals surface area contributed by atoms with E-state index in [1.165, 1.54) is 22.9 Å². The molecule has 1 N–H and O–H groups in total. The Morgan fingerprint density at radius 3 is 2.92 bits per heavy atom. The lowest BCUT2D eigenvalue weighted by molar-refractivity contribution is -0.120. The maximum Gasteiger partial charge on any atom is 0.277 e. The summed E-state index contributed by atoms with van der Waals surface area (Å²) in [5.74, 6) is 0.420. The molecule has 1 aliphatic rings. The second kappa shape index (κ2) is 8.01. The first-order valence-corrected chi connectivity index (χ1v) is 9.38. The van der Waals surface area contributed by atoms with Crippen molar-refractivity contribution >= 4 is 17.7 Å². The summed E-state index contributed by atoms with van der Waals surface area (Å²) in [7, 11) is 0. The highest BCUT2D eigenvalue weighted by Gasteiger charge is 2.21. The van der Waals surface area contributed by atoms with Gasteiger partial charge >= 0.3 is 0 Å². The van der Waals surface area contributed by atoms with Crippen molar-refractivity contribution in [2.75, 3.05) is 13.2 Å². The molecule has 7 heteroatoms. The van der Waals surface area contributed by atoms with Gasteiger partial charge in [-0.05, 0) is 56.9 Å². The zero-order valence-electron chi connectivity index (χ0n) is 14.7. The molecule has 6 nitrogen and oxygen atoms in total. The average Bonchev–Trinajstić information content (AvgIpc) is 3.27. The Morgan fingerprint density at radius 1 is 1.36 bits per heavy atom. The summed E-state index contributed by atoms with van der Waals surface area (Å²) < 4.78 is 11.2. The van der Waals surface area contributed by atoms with Crippen molar-refractivity contribution in [2.24, 2.45) is 0 Å². The molecule has 2 heterocycles. The Balaban J connectivity index is 1.56. The lowest BCUT2D eigenvalue weighted by Gasteiger charge is -2.13. The lowest BCUT2D eigenvalue weighted by Crippen LogP contribution is -2.36. The minimum atomic E-state index is -0.311. The second-order valence-corrected chi connectivity index (χ2v) is 7.60. The SMILES string of the molecule is Cc1ccc(-c2nnc(S[C@H](C)C(=O)NC[C@@H]3CCCO3)o2)cc1C. The van der Waals surface area contributed by atoms with E-state index in [0.717, 1.165) is 25.0 Å². The van der Waals surface area contributed by atoms with E-state index in [0.29, 0.717) is 17.7 Å². The molecule has 0 saturated carbocycles. The van der Waals surface area contributed by atoms with Gasteiger partial charge in [0.2, 0.25) is 11.8 Å². The number of thioether (sulfide) groups is 1. The highest BCUT2D eigenvalue weighted by molar-refractivity contribution is 8.00. The van der Waals surface area contributed by atoms with Crippen molar-refractivity contribution in [3.05, 3.63) is 29.3 Å². The van der Waals surface area contributed by atoms with Crippen LogP contribution >= 0.6 is 11.8 Å². The van der Waals surface area contributed by atoms with Gasteiger partial charge in [0.1, 0.15) is 0 Å². The monoisotopic (exact) mass is 361 g/mol. The van der Waals surface area contributed by atoms with E-state index in [1.54, 1.807) is 0 Å². The Morgan fingerprint density at radius 2 is 2.20 bits per heavy atom. The van der Waals surface area contributed by atoms with Gasteiger partial charge in [-0.2, -0.15) is 0 Å². The lowest BCUT2D eigenvalue weighted by atomic mass is 10.1. The smallest absolute Gasteiger partial charge is 0.277 e. The van der Waals surface area contributed by atoms with Crippen LogP contribution in [0.5, 0.6) is 0 Å². The van der Waals surface area contributed by atoms with E-state index in [4.69, 9.17) is 9.15 Å². The number of nitrogens with one attached hydrogen (secondary N) is 1. The van der Waals surface area contributed by atoms with Gasteiger partial charge in [-0.15, -0.1) is 10.2 Å². The molecule has 0 unspecified atom stereocenters. The van der Waals surface area contributed by atoms with Crippen LogP contribution in [0, 0.1) is 13.8 Å². The molecule has 1 saturated heterocycles. The van der Waals surface area contributed by atoms with E-state index < -0.39 is 0 Å². The third-order valence-corrected chi connectivity index (χ3v) is 5.27. The summed E-state index contributed by atoms with van der Waals surface area (Å²) >= 11 is 1.26. The summed E-state index contributed by atoms with van der Waals surface area (Å²) in [5, 5.41) is 11.1. The molecule has 134 valence electrons. The maximum atomic E-state index is 12.2. The van der Waals surface area contributed by atoms with E-state index >= 15 is 0 Å². The molecule has 1 amide bonds. The first kappa shape index (κ1) is 17.9. The fraction of sp³-hybridized carbons (Fsp3) is 0.500.